The first-order valence-corrected chi connectivity index (χ1v) is 9.24. The highest BCUT2D eigenvalue weighted by molar-refractivity contribution is 6.30. The second-order valence-corrected chi connectivity index (χ2v) is 7.12. The van der Waals surface area contributed by atoms with Crippen molar-refractivity contribution in [3.05, 3.63) is 47.2 Å². The first-order chi connectivity index (χ1) is 13.1. The van der Waals surface area contributed by atoms with Crippen molar-refractivity contribution < 1.29 is 18.7 Å². The number of hydrogen-bond acceptors (Lipinski definition) is 4. The fourth-order valence-corrected chi connectivity index (χ4v) is 3.99. The van der Waals surface area contributed by atoms with Gasteiger partial charge in [-0.2, -0.15) is 0 Å². The number of nitrogens with one attached hydrogen (secondary N) is 1. The number of benzene rings is 2. The van der Waals surface area contributed by atoms with Crippen LogP contribution in [0.2, 0.25) is 5.02 Å². The second-order valence-electron chi connectivity index (χ2n) is 6.69. The molecule has 1 N–H and O–H groups in total. The molecule has 27 heavy (non-hydrogen) atoms. The lowest BCUT2D eigenvalue weighted by atomic mass is 9.97. The van der Waals surface area contributed by atoms with Crippen molar-refractivity contribution in [1.82, 2.24) is 5.32 Å². The van der Waals surface area contributed by atoms with E-state index in [1.165, 1.54) is 13.2 Å². The Kier molecular flexibility index (Phi) is 5.04. The van der Waals surface area contributed by atoms with Gasteiger partial charge in [-0.3, -0.25) is 4.79 Å². The summed E-state index contributed by atoms with van der Waals surface area (Å²) in [6, 6.07) is 9.83. The molecule has 0 radical (unpaired) electrons. The van der Waals surface area contributed by atoms with Crippen molar-refractivity contribution in [2.24, 2.45) is 0 Å². The number of ether oxygens (including phenoxy) is 2. The molecule has 2 aliphatic heterocycles. The van der Waals surface area contributed by atoms with Gasteiger partial charge in [0.1, 0.15) is 18.2 Å². The lowest BCUT2D eigenvalue weighted by Gasteiger charge is -2.44. The van der Waals surface area contributed by atoms with E-state index >= 15 is 4.39 Å². The molecule has 2 aromatic rings. The Morgan fingerprint density at radius 2 is 2.19 bits per heavy atom. The van der Waals surface area contributed by atoms with Gasteiger partial charge in [0, 0.05) is 23.2 Å². The summed E-state index contributed by atoms with van der Waals surface area (Å²) in [5, 5.41) is 3.79. The number of halogens is 2. The van der Waals surface area contributed by atoms with Crippen molar-refractivity contribution in [3.63, 3.8) is 0 Å². The van der Waals surface area contributed by atoms with Crippen molar-refractivity contribution in [2.75, 3.05) is 31.7 Å². The Balaban J connectivity index is 1.78. The van der Waals surface area contributed by atoms with Crippen LogP contribution in [0.4, 0.5) is 10.1 Å². The molecule has 0 aliphatic carbocycles. The summed E-state index contributed by atoms with van der Waals surface area (Å²) >= 11 is 6.04. The van der Waals surface area contributed by atoms with E-state index < -0.39 is 5.82 Å². The van der Waals surface area contributed by atoms with Crippen molar-refractivity contribution in [3.8, 4) is 16.9 Å². The average molecular weight is 391 g/mol. The molecular formula is C20H20ClFN2O3. The van der Waals surface area contributed by atoms with E-state index in [2.05, 4.69) is 5.32 Å². The van der Waals surface area contributed by atoms with Gasteiger partial charge < -0.3 is 19.7 Å². The highest BCUT2D eigenvalue weighted by Crippen LogP contribution is 2.39. The molecule has 4 rings (SSSR count). The van der Waals surface area contributed by atoms with Crippen LogP contribution in [0.25, 0.3) is 11.1 Å². The van der Waals surface area contributed by atoms with Crippen LogP contribution >= 0.6 is 11.6 Å². The second kappa shape index (κ2) is 7.46. The lowest BCUT2D eigenvalue weighted by Crippen LogP contribution is -2.61. The third-order valence-electron chi connectivity index (χ3n) is 5.08. The predicted octanol–water partition coefficient (Wildman–Crippen LogP) is 3.25. The fourth-order valence-electron chi connectivity index (χ4n) is 3.80. The van der Waals surface area contributed by atoms with Crippen LogP contribution in [0.1, 0.15) is 6.42 Å². The maximum Gasteiger partial charge on any atom is 0.253 e. The number of methoxy groups -OCH3 is 1. The van der Waals surface area contributed by atoms with Gasteiger partial charge >= 0.3 is 0 Å². The Labute approximate surface area is 162 Å². The van der Waals surface area contributed by atoms with Gasteiger partial charge in [0.15, 0.2) is 0 Å². The third kappa shape index (κ3) is 3.40. The van der Waals surface area contributed by atoms with Gasteiger partial charge in [-0.25, -0.2) is 4.39 Å². The Bertz CT molecular complexity index is 876. The summed E-state index contributed by atoms with van der Waals surface area (Å²) in [6.07, 6.45) is 0.619. The minimum atomic E-state index is -0.433. The maximum absolute atomic E-state index is 15.0. The highest BCUT2D eigenvalue weighted by Gasteiger charge is 2.40. The molecule has 5 nitrogen and oxygen atoms in total. The quantitative estimate of drug-likeness (QED) is 0.874. The third-order valence-corrected chi connectivity index (χ3v) is 5.31. The number of amides is 1. The zero-order chi connectivity index (χ0) is 19.0. The maximum atomic E-state index is 15.0. The van der Waals surface area contributed by atoms with E-state index in [0.29, 0.717) is 34.1 Å². The van der Waals surface area contributed by atoms with Crippen LogP contribution in [-0.2, 0) is 9.53 Å². The topological polar surface area (TPSA) is 50.8 Å². The van der Waals surface area contributed by atoms with Gasteiger partial charge in [-0.1, -0.05) is 23.7 Å². The van der Waals surface area contributed by atoms with E-state index in [4.69, 9.17) is 21.1 Å². The molecule has 0 spiro atoms. The number of fused-ring (bicyclic) bond motifs is 1. The average Bonchev–Trinajstić information content (AvgIpc) is 2.68. The van der Waals surface area contributed by atoms with Crippen LogP contribution in [-0.4, -0.2) is 44.9 Å². The number of anilines is 1. The first kappa shape index (κ1) is 18.2. The molecule has 2 heterocycles. The number of piperidine rings is 1. The molecule has 2 aliphatic rings. The Hall–Kier alpha value is -2.15. The van der Waals surface area contributed by atoms with Gasteiger partial charge in [0.05, 0.1) is 24.9 Å². The zero-order valence-corrected chi connectivity index (χ0v) is 15.6. The van der Waals surface area contributed by atoms with E-state index in [1.54, 1.807) is 35.2 Å². The normalized spacial score (nSPS) is 22.5. The summed E-state index contributed by atoms with van der Waals surface area (Å²) in [6.45, 7) is 1.42. The van der Waals surface area contributed by atoms with Crippen molar-refractivity contribution >= 4 is 23.2 Å². The van der Waals surface area contributed by atoms with E-state index in [9.17, 15) is 4.79 Å². The summed E-state index contributed by atoms with van der Waals surface area (Å²) in [5.74, 6) is -0.178. The summed E-state index contributed by atoms with van der Waals surface area (Å²) in [5.41, 5.74) is 1.46. The monoisotopic (exact) mass is 390 g/mol. The van der Waals surface area contributed by atoms with Crippen molar-refractivity contribution in [1.29, 1.82) is 0 Å². The summed E-state index contributed by atoms with van der Waals surface area (Å²) < 4.78 is 26.2. The molecule has 0 aromatic heterocycles. The molecule has 0 saturated carbocycles. The zero-order valence-electron chi connectivity index (χ0n) is 14.9. The number of hydrogen-bond donors (Lipinski definition) is 1. The molecule has 2 aromatic carbocycles. The fraction of sp³-hybridized carbons (Fsp3) is 0.350. The summed E-state index contributed by atoms with van der Waals surface area (Å²) in [7, 11) is 1.52. The van der Waals surface area contributed by atoms with Crippen LogP contribution < -0.4 is 15.0 Å². The smallest absolute Gasteiger partial charge is 0.253 e. The SMILES string of the molecule is COc1cc(-c2cccc(Cl)c2)c(F)cc1N1C(=O)CO[C@H]2CNCC[C@@H]21. The van der Waals surface area contributed by atoms with Crippen LogP contribution in [0.15, 0.2) is 36.4 Å². The van der Waals surface area contributed by atoms with Crippen LogP contribution in [0, 0.1) is 5.82 Å². The van der Waals surface area contributed by atoms with E-state index in [-0.39, 0.29) is 24.7 Å². The van der Waals surface area contributed by atoms with Crippen LogP contribution in [0.5, 0.6) is 5.75 Å². The standard InChI is InChI=1S/C20H20ClFN2O3/c1-26-18-8-14(12-3-2-4-13(21)7-12)15(22)9-17(18)24-16-5-6-23-10-19(16)27-11-20(24)25/h2-4,7-9,16,19,23H,5-6,10-11H2,1H3/t16-,19-/m0/s1. The first-order valence-electron chi connectivity index (χ1n) is 8.86. The minimum absolute atomic E-state index is 0.0241. The summed E-state index contributed by atoms with van der Waals surface area (Å²) in [4.78, 5) is 14.3. The molecule has 0 bridgehead atoms. The van der Waals surface area contributed by atoms with Gasteiger partial charge in [0.25, 0.3) is 5.91 Å². The minimum Gasteiger partial charge on any atom is -0.495 e. The van der Waals surface area contributed by atoms with E-state index in [1.807, 2.05) is 0 Å². The van der Waals surface area contributed by atoms with Gasteiger partial charge in [-0.05, 0) is 36.7 Å². The highest BCUT2D eigenvalue weighted by atomic mass is 35.5. The molecule has 0 unspecified atom stereocenters. The van der Waals surface area contributed by atoms with Gasteiger partial charge in [0.2, 0.25) is 0 Å². The molecule has 2 atom stereocenters. The number of nitrogens with zero attached hydrogens (tertiary/aromatic N) is 1. The molecule has 1 amide bonds. The van der Waals surface area contributed by atoms with Gasteiger partial charge in [-0.15, -0.1) is 0 Å². The molecule has 2 saturated heterocycles. The largest absolute Gasteiger partial charge is 0.495 e. The molecule has 7 heteroatoms. The number of morpholine rings is 1. The van der Waals surface area contributed by atoms with E-state index in [0.717, 1.165) is 13.0 Å². The number of carbonyl (C=O) groups excluding carboxylic acids is 1. The molecule has 2 fully saturated rings. The molecular weight excluding hydrogens is 371 g/mol. The Morgan fingerprint density at radius 3 is 2.96 bits per heavy atom. The number of carbonyl (C=O) groups is 1. The number of rotatable bonds is 3. The Morgan fingerprint density at radius 1 is 1.33 bits per heavy atom. The van der Waals surface area contributed by atoms with Crippen molar-refractivity contribution in [2.45, 2.75) is 18.6 Å². The lowest BCUT2D eigenvalue weighted by molar-refractivity contribution is -0.133. The van der Waals surface area contributed by atoms with Crippen LogP contribution in [0.3, 0.4) is 0 Å². The predicted molar refractivity (Wildman–Crippen MR) is 102 cm³/mol. The molecule has 142 valence electrons.